The predicted molar refractivity (Wildman–Crippen MR) is 103 cm³/mol. The Morgan fingerprint density at radius 2 is 2.07 bits per heavy atom. The van der Waals surface area contributed by atoms with E-state index in [2.05, 4.69) is 10.3 Å². The van der Waals surface area contributed by atoms with E-state index in [1.165, 1.54) is 6.08 Å². The minimum absolute atomic E-state index is 0.0778. The number of amides is 2. The van der Waals surface area contributed by atoms with Crippen LogP contribution in [0.1, 0.15) is 49.5 Å². The molecule has 0 aromatic carbocycles. The summed E-state index contributed by atoms with van der Waals surface area (Å²) in [6.07, 6.45) is 12.6. The molecule has 6 nitrogen and oxygen atoms in total. The molecule has 1 saturated heterocycles. The predicted octanol–water partition coefficient (Wildman–Crippen LogP) is 3.34. The fraction of sp³-hybridized carbons (Fsp3) is 0.381. The average Bonchev–Trinajstić information content (AvgIpc) is 3.09. The zero-order valence-corrected chi connectivity index (χ0v) is 15.3. The van der Waals surface area contributed by atoms with Gasteiger partial charge in [-0.3, -0.25) is 14.6 Å². The van der Waals surface area contributed by atoms with Crippen molar-refractivity contribution in [2.45, 2.75) is 38.1 Å². The summed E-state index contributed by atoms with van der Waals surface area (Å²) in [5.74, 6) is 0.459. The smallest absolute Gasteiger partial charge is 0.244 e. The van der Waals surface area contributed by atoms with Gasteiger partial charge in [-0.15, -0.1) is 0 Å². The molecule has 0 aliphatic carbocycles. The van der Waals surface area contributed by atoms with Gasteiger partial charge in [0.25, 0.3) is 0 Å². The van der Waals surface area contributed by atoms with E-state index in [1.807, 2.05) is 17.0 Å². The minimum Gasteiger partial charge on any atom is -0.465 e. The monoisotopic (exact) mass is 367 g/mol. The Bertz CT molecular complexity index is 756. The zero-order valence-electron chi connectivity index (χ0n) is 15.3. The Morgan fingerprint density at radius 3 is 2.85 bits per heavy atom. The zero-order chi connectivity index (χ0) is 18.9. The number of furan rings is 1. The summed E-state index contributed by atoms with van der Waals surface area (Å²) in [5.41, 5.74) is 1.13. The Morgan fingerprint density at radius 1 is 1.22 bits per heavy atom. The van der Waals surface area contributed by atoms with Gasteiger partial charge < -0.3 is 14.6 Å². The topological polar surface area (TPSA) is 75.4 Å². The van der Waals surface area contributed by atoms with Gasteiger partial charge in [0.05, 0.1) is 12.3 Å². The van der Waals surface area contributed by atoms with E-state index < -0.39 is 0 Å². The molecule has 6 heteroatoms. The highest BCUT2D eigenvalue weighted by atomic mass is 16.3. The largest absolute Gasteiger partial charge is 0.465 e. The maximum absolute atomic E-state index is 12.8. The van der Waals surface area contributed by atoms with E-state index in [0.29, 0.717) is 18.7 Å². The van der Waals surface area contributed by atoms with Gasteiger partial charge >= 0.3 is 0 Å². The standard InChI is InChI=1S/C21H25N3O3/c25-20(8-7-18-5-4-16-27-18)23-14-11-21(26)24-15-3-1-2-6-19(24)17-9-12-22-13-10-17/h4-5,7-10,12-13,16,19H,1-3,6,11,14-15H2,(H,23,25)/b8-7+. The number of likely N-dealkylation sites (tertiary alicyclic amines) is 1. The van der Waals surface area contributed by atoms with Crippen LogP contribution < -0.4 is 5.32 Å². The van der Waals surface area contributed by atoms with Crippen LogP contribution in [0.3, 0.4) is 0 Å². The van der Waals surface area contributed by atoms with Gasteiger partial charge in [0.1, 0.15) is 5.76 Å². The fourth-order valence-electron chi connectivity index (χ4n) is 3.38. The van der Waals surface area contributed by atoms with E-state index in [-0.39, 0.29) is 17.9 Å². The van der Waals surface area contributed by atoms with Crippen molar-refractivity contribution < 1.29 is 14.0 Å². The van der Waals surface area contributed by atoms with Gasteiger partial charge in [0.15, 0.2) is 0 Å². The molecule has 2 aromatic heterocycles. The van der Waals surface area contributed by atoms with Crippen LogP contribution in [-0.4, -0.2) is 34.8 Å². The van der Waals surface area contributed by atoms with Gasteiger partial charge in [0.2, 0.25) is 11.8 Å². The summed E-state index contributed by atoms with van der Waals surface area (Å²) in [6, 6.07) is 7.59. The third kappa shape index (κ3) is 5.54. The molecule has 2 aromatic rings. The molecule has 0 bridgehead atoms. The van der Waals surface area contributed by atoms with Crippen molar-refractivity contribution in [3.8, 4) is 0 Å². The minimum atomic E-state index is -0.235. The third-order valence-corrected chi connectivity index (χ3v) is 4.74. The molecule has 142 valence electrons. The number of nitrogens with one attached hydrogen (secondary N) is 1. The molecule has 1 N–H and O–H groups in total. The molecule has 1 aliphatic rings. The van der Waals surface area contributed by atoms with Crippen LogP contribution in [0.4, 0.5) is 0 Å². The Labute approximate surface area is 159 Å². The Balaban J connectivity index is 1.53. The number of hydrogen-bond donors (Lipinski definition) is 1. The van der Waals surface area contributed by atoms with E-state index in [0.717, 1.165) is 37.8 Å². The van der Waals surface area contributed by atoms with Crippen LogP contribution in [0, 0.1) is 0 Å². The number of rotatable bonds is 6. The number of pyridine rings is 1. The highest BCUT2D eigenvalue weighted by Gasteiger charge is 2.26. The molecule has 0 saturated carbocycles. The number of carbonyl (C=O) groups excluding carboxylic acids is 2. The maximum atomic E-state index is 12.8. The maximum Gasteiger partial charge on any atom is 0.244 e. The first-order valence-corrected chi connectivity index (χ1v) is 9.43. The van der Waals surface area contributed by atoms with Crippen LogP contribution >= 0.6 is 0 Å². The van der Waals surface area contributed by atoms with Crippen molar-refractivity contribution in [3.63, 3.8) is 0 Å². The second kappa shape index (κ2) is 9.71. The average molecular weight is 367 g/mol. The molecule has 0 spiro atoms. The second-order valence-corrected chi connectivity index (χ2v) is 6.62. The molecule has 0 radical (unpaired) electrons. The normalized spacial score (nSPS) is 17.6. The molecule has 27 heavy (non-hydrogen) atoms. The van der Waals surface area contributed by atoms with Gasteiger partial charge in [-0.1, -0.05) is 12.8 Å². The lowest BCUT2D eigenvalue weighted by Crippen LogP contribution is -2.37. The number of aromatic nitrogens is 1. The van der Waals surface area contributed by atoms with Crippen LogP contribution in [0.25, 0.3) is 6.08 Å². The van der Waals surface area contributed by atoms with Crippen molar-refractivity contribution in [2.75, 3.05) is 13.1 Å². The van der Waals surface area contributed by atoms with Gasteiger partial charge in [0, 0.05) is 38.0 Å². The lowest BCUT2D eigenvalue weighted by Gasteiger charge is -2.30. The number of carbonyl (C=O) groups is 2. The van der Waals surface area contributed by atoms with Crippen LogP contribution in [-0.2, 0) is 9.59 Å². The second-order valence-electron chi connectivity index (χ2n) is 6.62. The summed E-state index contributed by atoms with van der Waals surface area (Å²) >= 11 is 0. The van der Waals surface area contributed by atoms with Gasteiger partial charge in [-0.2, -0.15) is 0 Å². The van der Waals surface area contributed by atoms with E-state index in [1.54, 1.807) is 36.9 Å². The fourth-order valence-corrected chi connectivity index (χ4v) is 3.38. The van der Waals surface area contributed by atoms with Crippen molar-refractivity contribution >= 4 is 17.9 Å². The molecular formula is C21H25N3O3. The SMILES string of the molecule is O=C(/C=C/c1ccco1)NCCC(=O)N1CCCCCC1c1ccncc1. The molecule has 3 heterocycles. The highest BCUT2D eigenvalue weighted by Crippen LogP contribution is 2.30. The first-order chi connectivity index (χ1) is 13.2. The van der Waals surface area contributed by atoms with E-state index in [9.17, 15) is 9.59 Å². The Kier molecular flexibility index (Phi) is 6.79. The molecular weight excluding hydrogens is 342 g/mol. The summed E-state index contributed by atoms with van der Waals surface area (Å²) in [5, 5.41) is 2.76. The molecule has 1 fully saturated rings. The van der Waals surface area contributed by atoms with Crippen LogP contribution in [0.15, 0.2) is 53.4 Å². The van der Waals surface area contributed by atoms with Crippen molar-refractivity contribution in [1.82, 2.24) is 15.2 Å². The lowest BCUT2D eigenvalue weighted by atomic mass is 10.0. The summed E-state index contributed by atoms with van der Waals surface area (Å²) in [6.45, 7) is 1.08. The number of nitrogens with zero attached hydrogens (tertiary/aromatic N) is 2. The van der Waals surface area contributed by atoms with Crippen molar-refractivity contribution in [1.29, 1.82) is 0 Å². The third-order valence-electron chi connectivity index (χ3n) is 4.74. The summed E-state index contributed by atoms with van der Waals surface area (Å²) in [7, 11) is 0. The van der Waals surface area contributed by atoms with Crippen LogP contribution in [0.2, 0.25) is 0 Å². The quantitative estimate of drug-likeness (QED) is 0.795. The number of hydrogen-bond acceptors (Lipinski definition) is 4. The van der Waals surface area contributed by atoms with E-state index >= 15 is 0 Å². The first-order valence-electron chi connectivity index (χ1n) is 9.43. The van der Waals surface area contributed by atoms with Gasteiger partial charge in [-0.05, 0) is 48.7 Å². The summed E-state index contributed by atoms with van der Waals surface area (Å²) < 4.78 is 5.14. The van der Waals surface area contributed by atoms with Gasteiger partial charge in [-0.25, -0.2) is 0 Å². The Hall–Kier alpha value is -2.89. The molecule has 1 atom stereocenters. The first kappa shape index (κ1) is 18.9. The molecule has 1 unspecified atom stereocenters. The molecule has 1 aliphatic heterocycles. The highest BCUT2D eigenvalue weighted by molar-refractivity contribution is 5.91. The van der Waals surface area contributed by atoms with Crippen LogP contribution in [0.5, 0.6) is 0 Å². The van der Waals surface area contributed by atoms with E-state index in [4.69, 9.17) is 4.42 Å². The molecule has 3 rings (SSSR count). The van der Waals surface area contributed by atoms with Crippen molar-refractivity contribution in [2.24, 2.45) is 0 Å². The summed E-state index contributed by atoms with van der Waals surface area (Å²) in [4.78, 5) is 30.7. The molecule has 2 amide bonds. The van der Waals surface area contributed by atoms with Crippen molar-refractivity contribution in [3.05, 3.63) is 60.3 Å². The lowest BCUT2D eigenvalue weighted by molar-refractivity contribution is -0.133.